The number of thiophene rings is 2. The fourth-order valence-corrected chi connectivity index (χ4v) is 9.74. The Morgan fingerprint density at radius 1 is 0.333 bits per heavy atom. The van der Waals surface area contributed by atoms with E-state index in [1.807, 2.05) is 40.9 Å². The van der Waals surface area contributed by atoms with Crippen LogP contribution in [0.3, 0.4) is 0 Å². The largest absolute Gasteiger partial charge is 0.208 e. The lowest BCUT2D eigenvalue weighted by Gasteiger charge is -2.10. The molecule has 0 saturated heterocycles. The first-order valence-corrected chi connectivity index (χ1v) is 17.7. The summed E-state index contributed by atoms with van der Waals surface area (Å²) in [4.78, 5) is 15.5. The van der Waals surface area contributed by atoms with E-state index in [9.17, 15) is 0 Å². The molecule has 1 aliphatic rings. The van der Waals surface area contributed by atoms with Gasteiger partial charge in [0, 0.05) is 57.0 Å². The predicted octanol–water partition coefficient (Wildman–Crippen LogP) is 12.4. The molecule has 0 unspecified atom stereocenters. The van der Waals surface area contributed by atoms with E-state index in [4.69, 9.17) is 15.0 Å². The first kappa shape index (κ1) is 26.3. The molecular formula is C43H23N3S2. The number of rotatable bonds is 3. The molecule has 3 nitrogen and oxygen atoms in total. The Balaban J connectivity index is 1.16. The Kier molecular flexibility index (Phi) is 5.42. The quantitative estimate of drug-likeness (QED) is 0.192. The van der Waals surface area contributed by atoms with Crippen LogP contribution in [0, 0.1) is 0 Å². The minimum Gasteiger partial charge on any atom is -0.208 e. The highest BCUT2D eigenvalue weighted by Gasteiger charge is 2.24. The molecule has 1 aliphatic carbocycles. The molecule has 0 radical (unpaired) electrons. The lowest BCUT2D eigenvalue weighted by Crippen LogP contribution is -2.00. The monoisotopic (exact) mass is 645 g/mol. The highest BCUT2D eigenvalue weighted by Crippen LogP contribution is 2.51. The molecule has 0 saturated carbocycles. The topological polar surface area (TPSA) is 38.7 Å². The fraction of sp³-hybridized carbons (Fsp3) is 0. The Labute approximate surface area is 283 Å². The maximum Gasteiger partial charge on any atom is 0.164 e. The number of benzene rings is 7. The molecule has 11 rings (SSSR count). The van der Waals surface area contributed by atoms with Gasteiger partial charge in [0.15, 0.2) is 17.5 Å². The van der Waals surface area contributed by atoms with E-state index in [-0.39, 0.29) is 0 Å². The average Bonchev–Trinajstić information content (AvgIpc) is 3.81. The summed E-state index contributed by atoms with van der Waals surface area (Å²) >= 11 is 3.66. The highest BCUT2D eigenvalue weighted by molar-refractivity contribution is 7.26. The van der Waals surface area contributed by atoms with Crippen molar-refractivity contribution in [3.05, 3.63) is 140 Å². The van der Waals surface area contributed by atoms with Crippen LogP contribution in [0.1, 0.15) is 0 Å². The van der Waals surface area contributed by atoms with E-state index in [1.54, 1.807) is 0 Å². The number of aromatic nitrogens is 3. The van der Waals surface area contributed by atoms with Crippen molar-refractivity contribution >= 4 is 73.8 Å². The van der Waals surface area contributed by atoms with Gasteiger partial charge in [0.2, 0.25) is 0 Å². The number of fused-ring (bicyclic) bond motifs is 9. The molecule has 0 amide bonds. The Morgan fingerprint density at radius 3 is 1.83 bits per heavy atom. The molecule has 3 heterocycles. The highest BCUT2D eigenvalue weighted by atomic mass is 32.1. The van der Waals surface area contributed by atoms with Crippen LogP contribution in [-0.2, 0) is 0 Å². The van der Waals surface area contributed by atoms with Gasteiger partial charge in [0.05, 0.1) is 0 Å². The van der Waals surface area contributed by atoms with E-state index in [0.717, 1.165) is 16.7 Å². The van der Waals surface area contributed by atoms with E-state index >= 15 is 0 Å². The molecule has 0 atom stereocenters. The molecule has 7 aromatic carbocycles. The van der Waals surface area contributed by atoms with Gasteiger partial charge in [-0.3, -0.25) is 0 Å². The van der Waals surface area contributed by atoms with Crippen LogP contribution in [0.5, 0.6) is 0 Å². The maximum absolute atomic E-state index is 5.23. The van der Waals surface area contributed by atoms with Crippen LogP contribution >= 0.6 is 22.7 Å². The minimum atomic E-state index is 0.672. The van der Waals surface area contributed by atoms with Crippen molar-refractivity contribution < 1.29 is 0 Å². The molecule has 0 fully saturated rings. The lowest BCUT2D eigenvalue weighted by molar-refractivity contribution is 1.08. The zero-order valence-corrected chi connectivity index (χ0v) is 27.1. The first-order valence-electron chi connectivity index (χ1n) is 16.0. The predicted molar refractivity (Wildman–Crippen MR) is 204 cm³/mol. The van der Waals surface area contributed by atoms with Gasteiger partial charge >= 0.3 is 0 Å². The van der Waals surface area contributed by atoms with Gasteiger partial charge < -0.3 is 0 Å². The normalized spacial score (nSPS) is 12.2. The van der Waals surface area contributed by atoms with Crippen LogP contribution in [0.15, 0.2) is 140 Å². The molecule has 0 bridgehead atoms. The number of nitrogens with zero attached hydrogens (tertiary/aromatic N) is 3. The third-order valence-corrected chi connectivity index (χ3v) is 11.9. The second-order valence-electron chi connectivity index (χ2n) is 12.4. The van der Waals surface area contributed by atoms with Crippen LogP contribution in [0.25, 0.3) is 108 Å². The molecule has 48 heavy (non-hydrogen) atoms. The third-order valence-electron chi connectivity index (χ3n) is 9.66. The molecular weight excluding hydrogens is 623 g/mol. The second kappa shape index (κ2) is 9.88. The molecule has 3 aromatic heterocycles. The Morgan fingerprint density at radius 2 is 0.979 bits per heavy atom. The smallest absolute Gasteiger partial charge is 0.164 e. The van der Waals surface area contributed by atoms with Crippen molar-refractivity contribution in [2.24, 2.45) is 0 Å². The summed E-state index contributed by atoms with van der Waals surface area (Å²) in [5, 5.41) is 7.56. The van der Waals surface area contributed by atoms with Crippen molar-refractivity contribution in [3.8, 4) is 56.4 Å². The number of hydrogen-bond acceptors (Lipinski definition) is 5. The van der Waals surface area contributed by atoms with E-state index in [2.05, 4.69) is 121 Å². The first-order chi connectivity index (χ1) is 23.8. The summed E-state index contributed by atoms with van der Waals surface area (Å²) in [5.41, 5.74) is 8.21. The van der Waals surface area contributed by atoms with Crippen molar-refractivity contribution in [1.82, 2.24) is 15.0 Å². The number of hydrogen-bond donors (Lipinski definition) is 0. The molecule has 0 N–H and O–H groups in total. The minimum absolute atomic E-state index is 0.672. The zero-order chi connectivity index (χ0) is 31.3. The van der Waals surface area contributed by atoms with Gasteiger partial charge in [-0.15, -0.1) is 22.7 Å². The van der Waals surface area contributed by atoms with E-state index in [1.165, 1.54) is 73.4 Å². The van der Waals surface area contributed by atoms with Crippen molar-refractivity contribution in [2.45, 2.75) is 0 Å². The van der Waals surface area contributed by atoms with Crippen molar-refractivity contribution in [1.29, 1.82) is 0 Å². The van der Waals surface area contributed by atoms with Gasteiger partial charge in [0.1, 0.15) is 0 Å². The summed E-state index contributed by atoms with van der Waals surface area (Å²) in [6.45, 7) is 0. The van der Waals surface area contributed by atoms with Crippen LogP contribution in [0.2, 0.25) is 0 Å². The third kappa shape index (κ3) is 3.77. The second-order valence-corrected chi connectivity index (χ2v) is 14.5. The summed E-state index contributed by atoms with van der Waals surface area (Å²) in [7, 11) is 0. The van der Waals surface area contributed by atoms with Crippen LogP contribution < -0.4 is 0 Å². The zero-order valence-electron chi connectivity index (χ0n) is 25.4. The van der Waals surface area contributed by atoms with E-state index in [0.29, 0.717) is 17.5 Å². The van der Waals surface area contributed by atoms with Gasteiger partial charge in [-0.25, -0.2) is 15.0 Å². The Bertz CT molecular complexity index is 2950. The fourth-order valence-electron chi connectivity index (χ4n) is 7.50. The van der Waals surface area contributed by atoms with Crippen LogP contribution in [0.4, 0.5) is 0 Å². The summed E-state index contributed by atoms with van der Waals surface area (Å²) in [6.07, 6.45) is 0. The summed E-state index contributed by atoms with van der Waals surface area (Å²) in [5.74, 6) is 2.03. The van der Waals surface area contributed by atoms with Gasteiger partial charge in [-0.05, 0) is 75.5 Å². The van der Waals surface area contributed by atoms with Gasteiger partial charge in [0.25, 0.3) is 0 Å². The van der Waals surface area contributed by atoms with Gasteiger partial charge in [-0.1, -0.05) is 97.1 Å². The summed E-state index contributed by atoms with van der Waals surface area (Å²) < 4.78 is 5.05. The lowest BCUT2D eigenvalue weighted by atomic mass is 9.99. The van der Waals surface area contributed by atoms with E-state index < -0.39 is 0 Å². The van der Waals surface area contributed by atoms with Gasteiger partial charge in [-0.2, -0.15) is 0 Å². The SMILES string of the molecule is c1ccc(-c2nc(-c3ccc4sc5ccccc5c4c3)nc(-c3cccc4sc5cc6c(cc5c34)-c3cccc4cccc-6c34)n2)cc1. The molecule has 5 heteroatoms. The molecule has 0 spiro atoms. The van der Waals surface area contributed by atoms with Crippen LogP contribution in [-0.4, -0.2) is 15.0 Å². The maximum atomic E-state index is 5.23. The van der Waals surface area contributed by atoms with Crippen molar-refractivity contribution in [3.63, 3.8) is 0 Å². The molecule has 10 aromatic rings. The molecule has 0 aliphatic heterocycles. The standard InChI is InChI=1S/C43H23N3S2/c1-2-9-25(10-3-1)41-44-42(26-19-20-36-33(21-26)27-13-4-5-17-35(27)47-36)46-43(45-41)30-16-8-18-37-40(30)34-22-31-28-14-6-11-24-12-7-15-29(39(24)28)32(31)23-38(34)48-37/h1-23H. The Hall–Kier alpha value is -5.75. The van der Waals surface area contributed by atoms with Crippen molar-refractivity contribution in [2.75, 3.05) is 0 Å². The average molecular weight is 646 g/mol. The summed E-state index contributed by atoms with van der Waals surface area (Å²) in [6, 6.07) is 50.0. The molecule has 222 valence electrons.